The lowest BCUT2D eigenvalue weighted by Crippen LogP contribution is -2.31. The molecule has 0 atom stereocenters. The van der Waals surface area contributed by atoms with Gasteiger partial charge in [0.15, 0.2) is 5.69 Å². The first kappa shape index (κ1) is 17.1. The maximum atomic E-state index is 12.4. The summed E-state index contributed by atoms with van der Waals surface area (Å²) in [5.41, 5.74) is 6.85. The van der Waals surface area contributed by atoms with E-state index in [-0.39, 0.29) is 28.9 Å². The van der Waals surface area contributed by atoms with Gasteiger partial charge in [0, 0.05) is 12.2 Å². The number of para-hydroxylation sites is 1. The maximum absolute atomic E-state index is 12.4. The maximum Gasteiger partial charge on any atom is 0.357 e. The molecule has 1 heterocycles. The summed E-state index contributed by atoms with van der Waals surface area (Å²) in [6.07, 6.45) is 1.42. The van der Waals surface area contributed by atoms with Crippen molar-refractivity contribution < 1.29 is 14.3 Å². The van der Waals surface area contributed by atoms with E-state index in [1.165, 1.54) is 17.9 Å². The number of rotatable bonds is 4. The number of anilines is 1. The molecule has 0 saturated heterocycles. The number of carbonyl (C=O) groups excluding carboxylic acids is 2. The molecule has 3 N–H and O–H groups in total. The van der Waals surface area contributed by atoms with Gasteiger partial charge in [-0.3, -0.25) is 4.79 Å². The third kappa shape index (κ3) is 3.08. The van der Waals surface area contributed by atoms with Crippen LogP contribution in [0.3, 0.4) is 0 Å². The van der Waals surface area contributed by atoms with E-state index in [0.717, 1.165) is 0 Å². The van der Waals surface area contributed by atoms with Crippen LogP contribution in [0.25, 0.3) is 5.69 Å². The SMILES string of the molecule is COC(=O)c1c(N)c(C#N)cn1-c1ccccc1C(=O)NC(C)C. The van der Waals surface area contributed by atoms with E-state index in [1.807, 2.05) is 19.9 Å². The second-order valence-corrected chi connectivity index (χ2v) is 5.42. The number of esters is 1. The van der Waals surface area contributed by atoms with E-state index in [9.17, 15) is 14.9 Å². The number of amides is 1. The minimum Gasteiger partial charge on any atom is -0.464 e. The van der Waals surface area contributed by atoms with Crippen molar-refractivity contribution in [1.29, 1.82) is 5.26 Å². The number of benzene rings is 1. The van der Waals surface area contributed by atoms with E-state index in [4.69, 9.17) is 10.5 Å². The highest BCUT2D eigenvalue weighted by Crippen LogP contribution is 2.26. The monoisotopic (exact) mass is 326 g/mol. The molecule has 0 spiro atoms. The molecule has 1 aromatic heterocycles. The zero-order valence-corrected chi connectivity index (χ0v) is 13.7. The van der Waals surface area contributed by atoms with Crippen molar-refractivity contribution in [1.82, 2.24) is 9.88 Å². The van der Waals surface area contributed by atoms with Crippen molar-refractivity contribution in [3.8, 4) is 11.8 Å². The zero-order chi connectivity index (χ0) is 17.9. The van der Waals surface area contributed by atoms with Crippen molar-refractivity contribution in [3.05, 3.63) is 47.3 Å². The molecule has 0 saturated carbocycles. The van der Waals surface area contributed by atoms with Crippen LogP contribution in [-0.4, -0.2) is 29.6 Å². The predicted octanol–water partition coefficient (Wildman–Crippen LogP) is 1.86. The third-order valence-corrected chi connectivity index (χ3v) is 3.37. The second-order valence-electron chi connectivity index (χ2n) is 5.42. The van der Waals surface area contributed by atoms with Crippen LogP contribution in [0.15, 0.2) is 30.5 Å². The molecule has 0 aliphatic carbocycles. The van der Waals surface area contributed by atoms with E-state index >= 15 is 0 Å². The Balaban J connectivity index is 2.68. The number of nitrogens with two attached hydrogens (primary N) is 1. The Hall–Kier alpha value is -3.27. The molecule has 1 amide bonds. The summed E-state index contributed by atoms with van der Waals surface area (Å²) in [5.74, 6) is -0.977. The van der Waals surface area contributed by atoms with Crippen LogP contribution < -0.4 is 11.1 Å². The first-order valence-corrected chi connectivity index (χ1v) is 7.30. The van der Waals surface area contributed by atoms with Gasteiger partial charge in [0.05, 0.1) is 29.6 Å². The Morgan fingerprint density at radius 2 is 2.00 bits per heavy atom. The largest absolute Gasteiger partial charge is 0.464 e. The third-order valence-electron chi connectivity index (χ3n) is 3.37. The summed E-state index contributed by atoms with van der Waals surface area (Å²) >= 11 is 0. The smallest absolute Gasteiger partial charge is 0.357 e. The minimum atomic E-state index is -0.687. The molecular weight excluding hydrogens is 308 g/mol. The van der Waals surface area contributed by atoms with Crippen LogP contribution in [0.4, 0.5) is 5.69 Å². The van der Waals surface area contributed by atoms with Crippen molar-refractivity contribution in [3.63, 3.8) is 0 Å². The summed E-state index contributed by atoms with van der Waals surface area (Å²) in [6, 6.07) is 8.63. The van der Waals surface area contributed by atoms with Crippen molar-refractivity contribution in [2.24, 2.45) is 0 Å². The lowest BCUT2D eigenvalue weighted by atomic mass is 10.1. The second kappa shape index (κ2) is 6.87. The molecular formula is C17H18N4O3. The summed E-state index contributed by atoms with van der Waals surface area (Å²) in [6.45, 7) is 3.70. The van der Waals surface area contributed by atoms with Gasteiger partial charge in [-0.2, -0.15) is 5.26 Å². The molecule has 24 heavy (non-hydrogen) atoms. The molecule has 124 valence electrons. The number of nitrogen functional groups attached to an aromatic ring is 1. The Morgan fingerprint density at radius 3 is 2.58 bits per heavy atom. The molecule has 2 rings (SSSR count). The van der Waals surface area contributed by atoms with E-state index < -0.39 is 5.97 Å². The van der Waals surface area contributed by atoms with Crippen LogP contribution in [0.2, 0.25) is 0 Å². The van der Waals surface area contributed by atoms with E-state index in [0.29, 0.717) is 11.3 Å². The minimum absolute atomic E-state index is 0.0128. The zero-order valence-electron chi connectivity index (χ0n) is 13.7. The fraction of sp³-hybridized carbons (Fsp3) is 0.235. The standard InChI is InChI=1S/C17H18N4O3/c1-10(2)20-16(22)12-6-4-5-7-13(12)21-9-11(8-18)14(19)15(21)17(23)24-3/h4-7,9-10H,19H2,1-3H3,(H,20,22). The fourth-order valence-electron chi connectivity index (χ4n) is 2.32. The van der Waals surface area contributed by atoms with Crippen LogP contribution in [0, 0.1) is 11.3 Å². The Kier molecular flexibility index (Phi) is 4.90. The van der Waals surface area contributed by atoms with Gasteiger partial charge in [0.2, 0.25) is 0 Å². The van der Waals surface area contributed by atoms with Crippen molar-refractivity contribution in [2.75, 3.05) is 12.8 Å². The number of carbonyl (C=O) groups is 2. The van der Waals surface area contributed by atoms with Crippen molar-refractivity contribution in [2.45, 2.75) is 19.9 Å². The van der Waals surface area contributed by atoms with Gasteiger partial charge in [0.1, 0.15) is 6.07 Å². The summed E-state index contributed by atoms with van der Waals surface area (Å²) in [7, 11) is 1.22. The lowest BCUT2D eigenvalue weighted by Gasteiger charge is -2.14. The normalized spacial score (nSPS) is 10.3. The molecule has 0 unspecified atom stereocenters. The van der Waals surface area contributed by atoms with E-state index in [1.54, 1.807) is 24.3 Å². The number of nitriles is 1. The molecule has 0 fully saturated rings. The Morgan fingerprint density at radius 1 is 1.33 bits per heavy atom. The number of hydrogen-bond acceptors (Lipinski definition) is 5. The number of aromatic nitrogens is 1. The molecule has 0 aliphatic rings. The van der Waals surface area contributed by atoms with Crippen LogP contribution in [0.1, 0.15) is 40.3 Å². The number of nitrogens with zero attached hydrogens (tertiary/aromatic N) is 2. The predicted molar refractivity (Wildman–Crippen MR) is 88.8 cm³/mol. The molecule has 7 heteroatoms. The van der Waals surface area contributed by atoms with Gasteiger partial charge in [-0.1, -0.05) is 12.1 Å². The average Bonchev–Trinajstić information content (AvgIpc) is 2.90. The topological polar surface area (TPSA) is 110 Å². The van der Waals surface area contributed by atoms with E-state index in [2.05, 4.69) is 5.32 Å². The van der Waals surface area contributed by atoms with Gasteiger partial charge < -0.3 is 20.4 Å². The van der Waals surface area contributed by atoms with Crippen LogP contribution >= 0.6 is 0 Å². The first-order chi connectivity index (χ1) is 11.4. The van der Waals surface area contributed by atoms with Gasteiger partial charge in [-0.25, -0.2) is 4.79 Å². The summed E-state index contributed by atoms with van der Waals surface area (Å²) in [4.78, 5) is 24.5. The lowest BCUT2D eigenvalue weighted by molar-refractivity contribution is 0.0592. The van der Waals surface area contributed by atoms with Gasteiger partial charge in [0.25, 0.3) is 5.91 Å². The quantitative estimate of drug-likeness (QED) is 0.833. The Bertz CT molecular complexity index is 831. The average molecular weight is 326 g/mol. The highest BCUT2D eigenvalue weighted by Gasteiger charge is 2.24. The molecule has 1 aromatic carbocycles. The molecule has 7 nitrogen and oxygen atoms in total. The number of nitrogens with one attached hydrogen (secondary N) is 1. The van der Waals surface area contributed by atoms with Gasteiger partial charge in [-0.15, -0.1) is 0 Å². The molecule has 0 aliphatic heterocycles. The van der Waals surface area contributed by atoms with Gasteiger partial charge >= 0.3 is 5.97 Å². The Labute approximate surface area is 139 Å². The summed E-state index contributed by atoms with van der Waals surface area (Å²) in [5, 5.41) is 12.0. The fourth-order valence-corrected chi connectivity index (χ4v) is 2.32. The highest BCUT2D eigenvalue weighted by molar-refractivity contribution is 6.00. The number of methoxy groups -OCH3 is 1. The van der Waals surface area contributed by atoms with Gasteiger partial charge in [-0.05, 0) is 26.0 Å². The van der Waals surface area contributed by atoms with Crippen molar-refractivity contribution >= 4 is 17.6 Å². The highest BCUT2D eigenvalue weighted by atomic mass is 16.5. The molecule has 0 bridgehead atoms. The van der Waals surface area contributed by atoms with Crippen LogP contribution in [0.5, 0.6) is 0 Å². The molecule has 2 aromatic rings. The summed E-state index contributed by atoms with van der Waals surface area (Å²) < 4.78 is 6.16. The number of hydrogen-bond donors (Lipinski definition) is 2. The molecule has 0 radical (unpaired) electrons. The number of ether oxygens (including phenoxy) is 1. The first-order valence-electron chi connectivity index (χ1n) is 7.30. The van der Waals surface area contributed by atoms with Crippen LogP contribution in [-0.2, 0) is 4.74 Å².